The highest BCUT2D eigenvalue weighted by atomic mass is 35.5. The van der Waals surface area contributed by atoms with E-state index in [1.165, 1.54) is 5.56 Å². The third-order valence-corrected chi connectivity index (χ3v) is 4.37. The highest BCUT2D eigenvalue weighted by molar-refractivity contribution is 6.30. The quantitative estimate of drug-likeness (QED) is 0.860. The lowest BCUT2D eigenvalue weighted by Gasteiger charge is -2.35. The van der Waals surface area contributed by atoms with Crippen LogP contribution in [0.25, 0.3) is 0 Å². The van der Waals surface area contributed by atoms with E-state index in [1.807, 2.05) is 24.3 Å². The van der Waals surface area contributed by atoms with Gasteiger partial charge in [-0.2, -0.15) is 0 Å². The Morgan fingerprint density at radius 2 is 1.90 bits per heavy atom. The second kappa shape index (κ2) is 7.12. The fourth-order valence-electron chi connectivity index (χ4n) is 2.61. The predicted octanol–water partition coefficient (Wildman–Crippen LogP) is 4.40. The van der Waals surface area contributed by atoms with Crippen molar-refractivity contribution in [2.45, 2.75) is 38.4 Å². The maximum atomic E-state index is 6.33. The van der Waals surface area contributed by atoms with Gasteiger partial charge in [0.1, 0.15) is 5.76 Å². The number of nitrogens with zero attached hydrogens (tertiary/aromatic N) is 1. The zero-order valence-corrected chi connectivity index (χ0v) is 13.5. The Bertz CT molecular complexity index is 538. The van der Waals surface area contributed by atoms with Crippen LogP contribution in [-0.4, -0.2) is 18.0 Å². The summed E-state index contributed by atoms with van der Waals surface area (Å²) in [6, 6.07) is 12.1. The molecule has 1 heterocycles. The Hall–Kier alpha value is -1.29. The van der Waals surface area contributed by atoms with Crippen molar-refractivity contribution in [3.63, 3.8) is 0 Å². The van der Waals surface area contributed by atoms with Crippen LogP contribution in [0, 0.1) is 0 Å². The van der Waals surface area contributed by atoms with E-state index in [1.54, 1.807) is 6.26 Å². The zero-order chi connectivity index (χ0) is 15.4. The number of benzene rings is 1. The summed E-state index contributed by atoms with van der Waals surface area (Å²) >= 11 is 5.96. The van der Waals surface area contributed by atoms with E-state index >= 15 is 0 Å². The van der Waals surface area contributed by atoms with Gasteiger partial charge in [-0.15, -0.1) is 0 Å². The molecule has 0 radical (unpaired) electrons. The Balaban J connectivity index is 2.25. The first-order valence-corrected chi connectivity index (χ1v) is 7.68. The third-order valence-electron chi connectivity index (χ3n) is 4.11. The lowest BCUT2D eigenvalue weighted by Crippen LogP contribution is -2.39. The van der Waals surface area contributed by atoms with Gasteiger partial charge in [0.25, 0.3) is 0 Å². The molecule has 1 aromatic carbocycles. The number of nitrogens with two attached hydrogens (primary N) is 1. The minimum atomic E-state index is 0.0240. The van der Waals surface area contributed by atoms with Crippen LogP contribution in [0.5, 0.6) is 0 Å². The molecular weight excluding hydrogens is 284 g/mol. The van der Waals surface area contributed by atoms with Gasteiger partial charge in [0, 0.05) is 17.1 Å². The van der Waals surface area contributed by atoms with Gasteiger partial charge in [-0.05, 0) is 50.2 Å². The standard InChI is InChI=1S/C17H23ClN2O/c1-4-15(19)17(16-6-5-11-21-16)20(3)12(2)13-7-9-14(18)10-8-13/h5-12,15,17H,4,19H2,1-3H3. The maximum absolute atomic E-state index is 6.33. The van der Waals surface area contributed by atoms with Crippen molar-refractivity contribution in [3.05, 3.63) is 59.0 Å². The molecule has 21 heavy (non-hydrogen) atoms. The topological polar surface area (TPSA) is 42.4 Å². The van der Waals surface area contributed by atoms with E-state index in [-0.39, 0.29) is 18.1 Å². The fourth-order valence-corrected chi connectivity index (χ4v) is 2.74. The molecule has 0 saturated heterocycles. The summed E-state index contributed by atoms with van der Waals surface area (Å²) < 4.78 is 5.60. The Labute approximate surface area is 131 Å². The first kappa shape index (κ1) is 16.1. The maximum Gasteiger partial charge on any atom is 0.122 e. The molecule has 0 aliphatic heterocycles. The number of furan rings is 1. The summed E-state index contributed by atoms with van der Waals surface area (Å²) in [5.74, 6) is 0.910. The SMILES string of the molecule is CCC(N)C(c1ccco1)N(C)C(C)c1ccc(Cl)cc1. The summed E-state index contributed by atoms with van der Waals surface area (Å²) in [7, 11) is 2.09. The number of rotatable bonds is 6. The molecule has 4 heteroatoms. The third kappa shape index (κ3) is 3.67. The van der Waals surface area contributed by atoms with Gasteiger partial charge in [-0.25, -0.2) is 0 Å². The molecule has 0 aliphatic rings. The van der Waals surface area contributed by atoms with Crippen LogP contribution in [0.15, 0.2) is 47.1 Å². The van der Waals surface area contributed by atoms with Crippen molar-refractivity contribution in [1.82, 2.24) is 4.90 Å². The first-order valence-electron chi connectivity index (χ1n) is 7.31. The molecule has 0 amide bonds. The van der Waals surface area contributed by atoms with E-state index in [9.17, 15) is 0 Å². The van der Waals surface area contributed by atoms with E-state index in [2.05, 4.69) is 37.9 Å². The van der Waals surface area contributed by atoms with Crippen molar-refractivity contribution in [2.24, 2.45) is 5.73 Å². The van der Waals surface area contributed by atoms with Crippen molar-refractivity contribution < 1.29 is 4.42 Å². The monoisotopic (exact) mass is 306 g/mol. The fraction of sp³-hybridized carbons (Fsp3) is 0.412. The average Bonchev–Trinajstić information content (AvgIpc) is 3.01. The van der Waals surface area contributed by atoms with Crippen molar-refractivity contribution in [1.29, 1.82) is 0 Å². The first-order chi connectivity index (χ1) is 10.0. The molecule has 3 unspecified atom stereocenters. The number of halogens is 1. The Morgan fingerprint density at radius 1 is 1.24 bits per heavy atom. The highest BCUT2D eigenvalue weighted by Crippen LogP contribution is 2.32. The molecule has 3 nitrogen and oxygen atoms in total. The number of hydrogen-bond acceptors (Lipinski definition) is 3. The van der Waals surface area contributed by atoms with E-state index in [0.717, 1.165) is 17.2 Å². The van der Waals surface area contributed by atoms with Crippen LogP contribution in [0.4, 0.5) is 0 Å². The lowest BCUT2D eigenvalue weighted by molar-refractivity contribution is 0.138. The minimum Gasteiger partial charge on any atom is -0.468 e. The summed E-state index contributed by atoms with van der Waals surface area (Å²) in [6.45, 7) is 4.27. The van der Waals surface area contributed by atoms with Crippen LogP contribution >= 0.6 is 11.6 Å². The average molecular weight is 307 g/mol. The molecule has 2 aromatic rings. The smallest absolute Gasteiger partial charge is 0.122 e. The van der Waals surface area contributed by atoms with Gasteiger partial charge < -0.3 is 10.2 Å². The van der Waals surface area contributed by atoms with Crippen molar-refractivity contribution >= 4 is 11.6 Å². The molecule has 0 aliphatic carbocycles. The predicted molar refractivity (Wildman–Crippen MR) is 87.3 cm³/mol. The van der Waals surface area contributed by atoms with Gasteiger partial charge in [0.2, 0.25) is 0 Å². The second-order valence-electron chi connectivity index (χ2n) is 5.43. The van der Waals surface area contributed by atoms with Crippen LogP contribution in [0.2, 0.25) is 5.02 Å². The minimum absolute atomic E-state index is 0.0240. The van der Waals surface area contributed by atoms with Gasteiger partial charge >= 0.3 is 0 Å². The largest absolute Gasteiger partial charge is 0.468 e. The van der Waals surface area contributed by atoms with Crippen LogP contribution in [0.1, 0.15) is 43.7 Å². The second-order valence-corrected chi connectivity index (χ2v) is 5.86. The summed E-state index contributed by atoms with van der Waals surface area (Å²) in [5.41, 5.74) is 7.54. The van der Waals surface area contributed by atoms with E-state index in [4.69, 9.17) is 21.8 Å². The van der Waals surface area contributed by atoms with Crippen LogP contribution < -0.4 is 5.73 Å². The van der Waals surface area contributed by atoms with Crippen molar-refractivity contribution in [2.75, 3.05) is 7.05 Å². The Morgan fingerprint density at radius 3 is 2.43 bits per heavy atom. The van der Waals surface area contributed by atoms with E-state index < -0.39 is 0 Å². The summed E-state index contributed by atoms with van der Waals surface area (Å²) in [5, 5.41) is 0.751. The van der Waals surface area contributed by atoms with Gasteiger partial charge in [-0.3, -0.25) is 4.90 Å². The van der Waals surface area contributed by atoms with Crippen molar-refractivity contribution in [3.8, 4) is 0 Å². The molecule has 0 spiro atoms. The molecule has 0 saturated carbocycles. The molecule has 2 rings (SSSR count). The lowest BCUT2D eigenvalue weighted by atomic mass is 9.98. The van der Waals surface area contributed by atoms with Gasteiger partial charge in [0.05, 0.1) is 12.3 Å². The van der Waals surface area contributed by atoms with Gasteiger partial charge in [-0.1, -0.05) is 30.7 Å². The van der Waals surface area contributed by atoms with Gasteiger partial charge in [0.15, 0.2) is 0 Å². The molecule has 3 atom stereocenters. The van der Waals surface area contributed by atoms with Crippen LogP contribution in [-0.2, 0) is 0 Å². The highest BCUT2D eigenvalue weighted by Gasteiger charge is 2.29. The molecule has 0 fully saturated rings. The molecule has 0 bridgehead atoms. The summed E-state index contributed by atoms with van der Waals surface area (Å²) in [6.07, 6.45) is 2.59. The van der Waals surface area contributed by atoms with Crippen LogP contribution in [0.3, 0.4) is 0 Å². The summed E-state index contributed by atoms with van der Waals surface area (Å²) in [4.78, 5) is 2.26. The molecule has 114 valence electrons. The normalized spacial score (nSPS) is 15.9. The number of hydrogen-bond donors (Lipinski definition) is 1. The molecule has 2 N–H and O–H groups in total. The van der Waals surface area contributed by atoms with E-state index in [0.29, 0.717) is 0 Å². The zero-order valence-electron chi connectivity index (χ0n) is 12.8. The molecular formula is C17H23ClN2O. The number of likely N-dealkylation sites (N-methyl/N-ethyl adjacent to an activating group) is 1. The Kier molecular flexibility index (Phi) is 5.45. The molecule has 1 aromatic heterocycles.